The first-order chi connectivity index (χ1) is 3.13. The normalized spacial score (nSPS) is 11.6. The van der Waals surface area contributed by atoms with E-state index in [4.69, 9.17) is 0 Å². The molecule has 0 saturated carbocycles. The Labute approximate surface area is 85.0 Å². The fourth-order valence-corrected chi connectivity index (χ4v) is 0.816. The van der Waals surface area contributed by atoms with E-state index in [1.54, 1.807) is 0 Å². The van der Waals surface area contributed by atoms with Crippen molar-refractivity contribution in [3.63, 3.8) is 0 Å². The van der Waals surface area contributed by atoms with E-state index in [0.717, 1.165) is 0 Å². The quantitative estimate of drug-likeness (QED) is 0.375. The molecule has 5 heteroatoms. The van der Waals surface area contributed by atoms with Crippen molar-refractivity contribution in [3.05, 3.63) is 0 Å². The molecule has 0 saturated heterocycles. The van der Waals surface area contributed by atoms with Crippen molar-refractivity contribution in [2.24, 2.45) is 5.92 Å². The molecule has 0 radical (unpaired) electrons. The van der Waals surface area contributed by atoms with Crippen molar-refractivity contribution in [1.29, 1.82) is 0 Å². The molecule has 0 bridgehead atoms. The molecular formula is C4H9BrMgO2S. The first-order valence-corrected chi connectivity index (χ1v) is 3.43. The Morgan fingerprint density at radius 1 is 1.56 bits per heavy atom. The van der Waals surface area contributed by atoms with Gasteiger partial charge in [-0.3, -0.25) is 4.21 Å². The first kappa shape index (κ1) is 16.8. The molecule has 0 fully saturated rings. The van der Waals surface area contributed by atoms with Gasteiger partial charge < -0.3 is 21.5 Å². The first-order valence-electron chi connectivity index (χ1n) is 2.18. The molecule has 0 rings (SSSR count). The summed E-state index contributed by atoms with van der Waals surface area (Å²) in [7, 11) is 0. The van der Waals surface area contributed by atoms with Crippen LogP contribution >= 0.6 is 0 Å². The second kappa shape index (κ2) is 9.36. The van der Waals surface area contributed by atoms with E-state index in [0.29, 0.717) is 0 Å². The zero-order valence-electron chi connectivity index (χ0n) is 5.59. The van der Waals surface area contributed by atoms with E-state index in [-0.39, 0.29) is 51.7 Å². The third-order valence-electron chi connectivity index (χ3n) is 0.469. The van der Waals surface area contributed by atoms with Crippen LogP contribution < -0.4 is 17.0 Å². The van der Waals surface area contributed by atoms with Crippen LogP contribution in [0.4, 0.5) is 0 Å². The third kappa shape index (κ3) is 17.6. The molecule has 0 N–H and O–H groups in total. The summed E-state index contributed by atoms with van der Waals surface area (Å²) in [6, 6.07) is 0. The van der Waals surface area contributed by atoms with Crippen LogP contribution in [0.15, 0.2) is 0 Å². The van der Waals surface area contributed by atoms with Crippen LogP contribution in [0.5, 0.6) is 0 Å². The van der Waals surface area contributed by atoms with Gasteiger partial charge in [0.15, 0.2) is 0 Å². The minimum absolute atomic E-state index is 0. The standard InChI is InChI=1S/C4H10O2S.BrH.Mg/c1-4(2)3-7(5)6;;/h4H,3H2,1-2H3,(H,5,6);1H;/q;;+2/p-2. The Morgan fingerprint density at radius 3 is 1.89 bits per heavy atom. The van der Waals surface area contributed by atoms with E-state index >= 15 is 0 Å². The summed E-state index contributed by atoms with van der Waals surface area (Å²) in [4.78, 5) is 0. The van der Waals surface area contributed by atoms with Crippen LogP contribution in [0, 0.1) is 5.92 Å². The molecule has 0 aromatic heterocycles. The molecular weight excluding hydrogens is 216 g/mol. The topological polar surface area (TPSA) is 40.1 Å². The van der Waals surface area contributed by atoms with Gasteiger partial charge in [-0.2, -0.15) is 0 Å². The fourth-order valence-electron chi connectivity index (χ4n) is 0.272. The predicted molar refractivity (Wildman–Crippen MR) is 34.4 cm³/mol. The summed E-state index contributed by atoms with van der Waals surface area (Å²) in [5.74, 6) is 0.540. The Hall–Kier alpha value is 1.36. The van der Waals surface area contributed by atoms with Gasteiger partial charge in [0.25, 0.3) is 0 Å². The van der Waals surface area contributed by atoms with Gasteiger partial charge in [-0.1, -0.05) is 24.9 Å². The molecule has 52 valence electrons. The van der Waals surface area contributed by atoms with Crippen molar-refractivity contribution in [2.45, 2.75) is 13.8 Å². The van der Waals surface area contributed by atoms with Gasteiger partial charge in [0.05, 0.1) is 0 Å². The van der Waals surface area contributed by atoms with Crippen LogP contribution in [0.1, 0.15) is 13.8 Å². The molecule has 0 aliphatic heterocycles. The maximum Gasteiger partial charge on any atom is 2.00 e. The minimum Gasteiger partial charge on any atom is -1.00 e. The summed E-state index contributed by atoms with van der Waals surface area (Å²) in [6.07, 6.45) is 0. The summed E-state index contributed by atoms with van der Waals surface area (Å²) in [6.45, 7) is 3.74. The average molecular weight is 225 g/mol. The summed E-state index contributed by atoms with van der Waals surface area (Å²) < 4.78 is 19.6. The third-order valence-corrected chi connectivity index (χ3v) is 1.41. The van der Waals surface area contributed by atoms with Gasteiger partial charge in [0.1, 0.15) is 0 Å². The molecule has 1 unspecified atom stereocenters. The molecule has 1 atom stereocenters. The van der Waals surface area contributed by atoms with Crippen molar-refractivity contribution >= 4 is 34.1 Å². The SMILES string of the molecule is CC(C)CS(=O)[O-].[Br-].[Mg+2]. The van der Waals surface area contributed by atoms with Crippen LogP contribution in [-0.2, 0) is 11.1 Å². The van der Waals surface area contributed by atoms with Crippen LogP contribution in [-0.4, -0.2) is 37.6 Å². The molecule has 0 spiro atoms. The smallest absolute Gasteiger partial charge is 1.00 e. The van der Waals surface area contributed by atoms with Gasteiger partial charge in [0, 0.05) is 5.75 Å². The fraction of sp³-hybridized carbons (Fsp3) is 1.00. The van der Waals surface area contributed by atoms with Crippen molar-refractivity contribution in [2.75, 3.05) is 5.75 Å². The Morgan fingerprint density at radius 2 is 1.89 bits per heavy atom. The Bertz CT molecular complexity index is 79.0. The van der Waals surface area contributed by atoms with Gasteiger partial charge in [-0.25, -0.2) is 0 Å². The molecule has 0 aliphatic rings. The zero-order valence-corrected chi connectivity index (χ0v) is 9.41. The molecule has 0 aromatic carbocycles. The van der Waals surface area contributed by atoms with Crippen LogP contribution in [0.25, 0.3) is 0 Å². The molecule has 0 heterocycles. The van der Waals surface area contributed by atoms with Gasteiger partial charge in [-0.05, 0) is 5.92 Å². The summed E-state index contributed by atoms with van der Waals surface area (Å²) in [5, 5.41) is 0. The largest absolute Gasteiger partial charge is 2.00 e. The van der Waals surface area contributed by atoms with Crippen molar-refractivity contribution < 1.29 is 25.7 Å². The molecule has 2 nitrogen and oxygen atoms in total. The number of hydrogen-bond donors (Lipinski definition) is 0. The Balaban J connectivity index is -0.000000180. The molecule has 0 aromatic rings. The van der Waals surface area contributed by atoms with Crippen molar-refractivity contribution in [1.82, 2.24) is 0 Å². The van der Waals surface area contributed by atoms with Gasteiger partial charge >= 0.3 is 23.1 Å². The minimum atomic E-state index is -1.85. The molecule has 9 heavy (non-hydrogen) atoms. The maximum absolute atomic E-state index is 9.81. The Kier molecular flexibility index (Phi) is 17.4. The van der Waals surface area contributed by atoms with E-state index < -0.39 is 11.1 Å². The number of rotatable bonds is 2. The number of hydrogen-bond acceptors (Lipinski definition) is 2. The maximum atomic E-state index is 9.81. The predicted octanol–water partition coefficient (Wildman–Crippen LogP) is -2.86. The second-order valence-electron chi connectivity index (χ2n) is 1.86. The average Bonchev–Trinajstić information content (AvgIpc) is 1.27. The summed E-state index contributed by atoms with van der Waals surface area (Å²) >= 11 is -1.85. The number of halogens is 1. The van der Waals surface area contributed by atoms with Gasteiger partial charge in [0.2, 0.25) is 0 Å². The van der Waals surface area contributed by atoms with E-state index in [2.05, 4.69) is 0 Å². The summed E-state index contributed by atoms with van der Waals surface area (Å²) in [5.41, 5.74) is 0. The van der Waals surface area contributed by atoms with Crippen molar-refractivity contribution in [3.8, 4) is 0 Å². The zero-order chi connectivity index (χ0) is 5.86. The second-order valence-corrected chi connectivity index (χ2v) is 2.81. The van der Waals surface area contributed by atoms with E-state index in [9.17, 15) is 8.76 Å². The van der Waals surface area contributed by atoms with Gasteiger partial charge in [-0.15, -0.1) is 0 Å². The molecule has 0 amide bonds. The van der Waals surface area contributed by atoms with E-state index in [1.807, 2.05) is 13.8 Å². The van der Waals surface area contributed by atoms with Crippen LogP contribution in [0.2, 0.25) is 0 Å². The monoisotopic (exact) mass is 224 g/mol. The van der Waals surface area contributed by atoms with Crippen LogP contribution in [0.3, 0.4) is 0 Å². The van der Waals surface area contributed by atoms with E-state index in [1.165, 1.54) is 0 Å². The molecule has 0 aliphatic carbocycles.